The molecule has 0 fully saturated rings. The van der Waals surface area contributed by atoms with E-state index in [-0.39, 0.29) is 29.0 Å². The van der Waals surface area contributed by atoms with Crippen LogP contribution >= 0.6 is 0 Å². The minimum Gasteiger partial charge on any atom is -0.347 e. The van der Waals surface area contributed by atoms with E-state index in [9.17, 15) is 9.59 Å². The normalized spacial score (nSPS) is 21.7. The highest BCUT2D eigenvalue weighted by Gasteiger charge is 2.26. The molecule has 23 heavy (non-hydrogen) atoms. The van der Waals surface area contributed by atoms with Gasteiger partial charge in [-0.25, -0.2) is 14.2 Å². The van der Waals surface area contributed by atoms with E-state index in [0.29, 0.717) is 11.8 Å². The molecule has 3 rings (SSSR count). The predicted octanol–water partition coefficient (Wildman–Crippen LogP) is 0.544. The average molecular weight is 316 g/mol. The smallest absolute Gasteiger partial charge is 0.347 e. The molecule has 0 spiro atoms. The third-order valence-electron chi connectivity index (χ3n) is 4.32. The molecule has 122 valence electrons. The van der Waals surface area contributed by atoms with E-state index in [1.165, 1.54) is 17.8 Å². The highest BCUT2D eigenvalue weighted by molar-refractivity contribution is 5.98. The number of carbonyl (C=O) groups is 1. The van der Waals surface area contributed by atoms with Gasteiger partial charge in [0.2, 0.25) is 0 Å². The lowest BCUT2D eigenvalue weighted by Gasteiger charge is -2.22. The SMILES string of the molecule is CCC(NC(=O)c1ncn2c(=O)n(C)nnc12)C1C=CC(C)C1. The summed E-state index contributed by atoms with van der Waals surface area (Å²) in [6, 6.07) is 0.0416. The number of amides is 1. The number of allylic oxidation sites excluding steroid dienone is 1. The molecule has 0 radical (unpaired) electrons. The number of aromatic nitrogens is 5. The summed E-state index contributed by atoms with van der Waals surface area (Å²) in [5.41, 5.74) is -0.0828. The molecule has 3 atom stereocenters. The first-order valence-corrected chi connectivity index (χ1v) is 7.77. The minimum absolute atomic E-state index is 0.0416. The molecular formula is C15H20N6O2. The Hall–Kier alpha value is -2.51. The third-order valence-corrected chi connectivity index (χ3v) is 4.32. The van der Waals surface area contributed by atoms with Crippen molar-refractivity contribution in [3.05, 3.63) is 34.7 Å². The third kappa shape index (κ3) is 2.76. The highest BCUT2D eigenvalue weighted by atomic mass is 16.2. The zero-order valence-corrected chi connectivity index (χ0v) is 13.4. The number of rotatable bonds is 4. The topological polar surface area (TPSA) is 94.2 Å². The Morgan fingerprint density at radius 3 is 2.91 bits per heavy atom. The summed E-state index contributed by atoms with van der Waals surface area (Å²) in [5.74, 6) is 0.537. The number of hydrogen-bond donors (Lipinski definition) is 1. The molecule has 0 saturated heterocycles. The van der Waals surface area contributed by atoms with Gasteiger partial charge in [-0.2, -0.15) is 4.68 Å². The molecule has 0 aliphatic heterocycles. The maximum atomic E-state index is 12.5. The summed E-state index contributed by atoms with van der Waals surface area (Å²) in [7, 11) is 1.50. The molecule has 2 aromatic rings. The second-order valence-corrected chi connectivity index (χ2v) is 6.03. The number of aryl methyl sites for hydroxylation is 1. The molecule has 1 N–H and O–H groups in total. The fourth-order valence-corrected chi connectivity index (χ4v) is 3.01. The summed E-state index contributed by atoms with van der Waals surface area (Å²) < 4.78 is 2.32. The number of imidazole rings is 1. The van der Waals surface area contributed by atoms with Crippen LogP contribution < -0.4 is 11.0 Å². The van der Waals surface area contributed by atoms with Crippen LogP contribution in [-0.4, -0.2) is 36.3 Å². The number of fused-ring (bicyclic) bond motifs is 1. The molecule has 2 aromatic heterocycles. The van der Waals surface area contributed by atoms with Crippen LogP contribution in [0.2, 0.25) is 0 Å². The lowest BCUT2D eigenvalue weighted by atomic mass is 9.94. The first kappa shape index (κ1) is 15.4. The van der Waals surface area contributed by atoms with E-state index in [4.69, 9.17) is 0 Å². The van der Waals surface area contributed by atoms with Gasteiger partial charge in [0.05, 0.1) is 0 Å². The molecule has 0 saturated carbocycles. The van der Waals surface area contributed by atoms with E-state index in [2.05, 4.69) is 39.7 Å². The maximum absolute atomic E-state index is 12.5. The molecule has 8 heteroatoms. The second-order valence-electron chi connectivity index (χ2n) is 6.03. The van der Waals surface area contributed by atoms with Gasteiger partial charge in [0.15, 0.2) is 11.3 Å². The van der Waals surface area contributed by atoms with E-state index >= 15 is 0 Å². The zero-order chi connectivity index (χ0) is 16.6. The van der Waals surface area contributed by atoms with E-state index in [0.717, 1.165) is 17.5 Å². The summed E-state index contributed by atoms with van der Waals surface area (Å²) >= 11 is 0. The van der Waals surface area contributed by atoms with Crippen LogP contribution in [-0.2, 0) is 7.05 Å². The Labute approximate surface area is 133 Å². The van der Waals surface area contributed by atoms with E-state index in [1.54, 1.807) is 0 Å². The van der Waals surface area contributed by atoms with Crippen LogP contribution in [0.1, 0.15) is 37.2 Å². The van der Waals surface area contributed by atoms with Crippen molar-refractivity contribution in [2.75, 3.05) is 0 Å². The van der Waals surface area contributed by atoms with Crippen molar-refractivity contribution in [3.8, 4) is 0 Å². The van der Waals surface area contributed by atoms with Crippen molar-refractivity contribution in [1.82, 2.24) is 29.7 Å². The fraction of sp³-hybridized carbons (Fsp3) is 0.533. The first-order chi connectivity index (χ1) is 11.0. The summed E-state index contributed by atoms with van der Waals surface area (Å²) in [6.45, 7) is 4.21. The standard InChI is InChI=1S/C15H20N6O2/c1-4-11(10-6-5-9(2)7-10)17-14(22)12-13-18-19-20(3)15(23)21(13)8-16-12/h5-6,8-11H,4,7H2,1-3H3,(H,17,22). The lowest BCUT2D eigenvalue weighted by Crippen LogP contribution is -2.39. The number of carbonyl (C=O) groups excluding carboxylic acids is 1. The molecule has 0 bridgehead atoms. The van der Waals surface area contributed by atoms with Gasteiger partial charge in [0.1, 0.15) is 6.33 Å². The molecule has 1 aliphatic rings. The Morgan fingerprint density at radius 1 is 1.48 bits per heavy atom. The van der Waals surface area contributed by atoms with Crippen LogP contribution in [0, 0.1) is 11.8 Å². The van der Waals surface area contributed by atoms with Gasteiger partial charge in [0.25, 0.3) is 5.91 Å². The quantitative estimate of drug-likeness (QED) is 0.831. The first-order valence-electron chi connectivity index (χ1n) is 7.77. The Bertz CT molecular complexity index is 821. The number of nitrogens with zero attached hydrogens (tertiary/aromatic N) is 5. The fourth-order valence-electron chi connectivity index (χ4n) is 3.01. The van der Waals surface area contributed by atoms with Crippen molar-refractivity contribution < 1.29 is 4.79 Å². The molecule has 0 aromatic carbocycles. The van der Waals surface area contributed by atoms with Gasteiger partial charge < -0.3 is 5.32 Å². The molecule has 3 unspecified atom stereocenters. The maximum Gasteiger partial charge on any atom is 0.352 e. The van der Waals surface area contributed by atoms with Crippen LogP contribution in [0.3, 0.4) is 0 Å². The van der Waals surface area contributed by atoms with Gasteiger partial charge in [-0.3, -0.25) is 4.79 Å². The van der Waals surface area contributed by atoms with Gasteiger partial charge in [-0.1, -0.05) is 31.2 Å². The number of nitrogens with one attached hydrogen (secondary N) is 1. The molecule has 1 aliphatic carbocycles. The summed E-state index contributed by atoms with van der Waals surface area (Å²) in [6.07, 6.45) is 7.51. The van der Waals surface area contributed by atoms with Crippen molar-refractivity contribution in [1.29, 1.82) is 0 Å². The summed E-state index contributed by atoms with van der Waals surface area (Å²) in [5, 5.41) is 10.6. The summed E-state index contributed by atoms with van der Waals surface area (Å²) in [4.78, 5) is 28.5. The van der Waals surface area contributed by atoms with Crippen LogP contribution in [0.15, 0.2) is 23.3 Å². The molecular weight excluding hydrogens is 296 g/mol. The van der Waals surface area contributed by atoms with Gasteiger partial charge in [-0.15, -0.1) is 5.10 Å². The average Bonchev–Trinajstić information content (AvgIpc) is 3.15. The lowest BCUT2D eigenvalue weighted by molar-refractivity contribution is 0.0922. The van der Waals surface area contributed by atoms with Gasteiger partial charge in [-0.05, 0) is 24.7 Å². The molecule has 8 nitrogen and oxygen atoms in total. The molecule has 1 amide bonds. The largest absolute Gasteiger partial charge is 0.352 e. The Kier molecular flexibility index (Phi) is 3.97. The van der Waals surface area contributed by atoms with E-state index < -0.39 is 0 Å². The highest BCUT2D eigenvalue weighted by Crippen LogP contribution is 2.27. The van der Waals surface area contributed by atoms with Crippen molar-refractivity contribution in [2.24, 2.45) is 18.9 Å². The van der Waals surface area contributed by atoms with Crippen molar-refractivity contribution in [2.45, 2.75) is 32.7 Å². The Balaban J connectivity index is 1.84. The zero-order valence-electron chi connectivity index (χ0n) is 13.4. The second kappa shape index (κ2) is 5.94. The van der Waals surface area contributed by atoms with E-state index in [1.807, 2.05) is 6.92 Å². The molecule has 2 heterocycles. The number of hydrogen-bond acceptors (Lipinski definition) is 5. The van der Waals surface area contributed by atoms with Gasteiger partial charge >= 0.3 is 5.69 Å². The van der Waals surface area contributed by atoms with Gasteiger partial charge in [0, 0.05) is 13.1 Å². The Morgan fingerprint density at radius 2 is 2.26 bits per heavy atom. The van der Waals surface area contributed by atoms with Crippen molar-refractivity contribution >= 4 is 11.6 Å². The van der Waals surface area contributed by atoms with Crippen LogP contribution in [0.25, 0.3) is 5.65 Å². The van der Waals surface area contributed by atoms with Crippen LogP contribution in [0.5, 0.6) is 0 Å². The van der Waals surface area contributed by atoms with Crippen molar-refractivity contribution in [3.63, 3.8) is 0 Å². The van der Waals surface area contributed by atoms with Crippen LogP contribution in [0.4, 0.5) is 0 Å². The minimum atomic E-state index is -0.388. The monoisotopic (exact) mass is 316 g/mol. The predicted molar refractivity (Wildman–Crippen MR) is 84.0 cm³/mol.